The molecule has 0 unspecified atom stereocenters. The molecule has 0 amide bonds. The highest BCUT2D eigenvalue weighted by Gasteiger charge is 2.02. The number of anilines is 1. The van der Waals surface area contributed by atoms with E-state index >= 15 is 0 Å². The first-order valence-electron chi connectivity index (χ1n) is 3.71. The number of nitrogens with one attached hydrogen (secondary N) is 2. The fourth-order valence-electron chi connectivity index (χ4n) is 0.795. The Balaban J connectivity index is 2.66. The smallest absolute Gasteiger partial charge is 0.280 e. The summed E-state index contributed by atoms with van der Waals surface area (Å²) in [5.41, 5.74) is 0.420. The Hall–Kier alpha value is -0.880. The van der Waals surface area contributed by atoms with Crippen LogP contribution in [0.5, 0.6) is 0 Å². The highest BCUT2D eigenvalue weighted by molar-refractivity contribution is 9.10. The molecule has 1 aromatic heterocycles. The van der Waals surface area contributed by atoms with E-state index in [1.54, 1.807) is 13.3 Å². The second kappa shape index (κ2) is 4.98. The standard InChI is InChI=1S/C7H10BrN3O2/c1-13-3-2-9-5-4-10-11-7(12)6(5)8/h4H,2-3H2,1H3,(H2,9,11,12). The van der Waals surface area contributed by atoms with Gasteiger partial charge in [0.2, 0.25) is 0 Å². The fourth-order valence-corrected chi connectivity index (χ4v) is 1.13. The van der Waals surface area contributed by atoms with E-state index in [0.29, 0.717) is 23.3 Å². The maximum absolute atomic E-state index is 11.0. The van der Waals surface area contributed by atoms with Gasteiger partial charge < -0.3 is 10.1 Å². The van der Waals surface area contributed by atoms with E-state index in [9.17, 15) is 4.79 Å². The largest absolute Gasteiger partial charge is 0.383 e. The first-order chi connectivity index (χ1) is 6.25. The van der Waals surface area contributed by atoms with Crippen LogP contribution in [0, 0.1) is 0 Å². The van der Waals surface area contributed by atoms with Crippen LogP contribution in [0.4, 0.5) is 5.69 Å². The molecule has 72 valence electrons. The molecule has 0 radical (unpaired) electrons. The Labute approximate surface area is 83.6 Å². The highest BCUT2D eigenvalue weighted by Crippen LogP contribution is 2.14. The number of methoxy groups -OCH3 is 1. The number of H-pyrrole nitrogens is 1. The third-order valence-electron chi connectivity index (χ3n) is 1.42. The molecule has 0 bridgehead atoms. The van der Waals surface area contributed by atoms with E-state index in [2.05, 4.69) is 31.4 Å². The average Bonchev–Trinajstić information content (AvgIpc) is 2.13. The zero-order chi connectivity index (χ0) is 9.68. The van der Waals surface area contributed by atoms with Crippen molar-refractivity contribution >= 4 is 21.6 Å². The molecule has 0 saturated carbocycles. The number of aromatic nitrogens is 2. The molecule has 0 atom stereocenters. The molecule has 0 saturated heterocycles. The topological polar surface area (TPSA) is 67.0 Å². The van der Waals surface area contributed by atoms with Crippen molar-refractivity contribution in [1.82, 2.24) is 10.2 Å². The number of aromatic amines is 1. The maximum Gasteiger partial charge on any atom is 0.280 e. The van der Waals surface area contributed by atoms with Crippen molar-refractivity contribution in [3.8, 4) is 0 Å². The Morgan fingerprint density at radius 2 is 2.54 bits per heavy atom. The van der Waals surface area contributed by atoms with Crippen LogP contribution in [0.2, 0.25) is 0 Å². The van der Waals surface area contributed by atoms with Crippen LogP contribution in [0.15, 0.2) is 15.5 Å². The molecular weight excluding hydrogens is 238 g/mol. The molecule has 0 aliphatic carbocycles. The van der Waals surface area contributed by atoms with Crippen LogP contribution in [0.3, 0.4) is 0 Å². The van der Waals surface area contributed by atoms with Crippen molar-refractivity contribution in [2.45, 2.75) is 0 Å². The van der Waals surface area contributed by atoms with Gasteiger partial charge in [-0.15, -0.1) is 0 Å². The van der Waals surface area contributed by atoms with E-state index in [0.717, 1.165) is 0 Å². The van der Waals surface area contributed by atoms with Crippen LogP contribution in [0.25, 0.3) is 0 Å². The van der Waals surface area contributed by atoms with Crippen molar-refractivity contribution < 1.29 is 4.74 Å². The molecule has 1 heterocycles. The second-order valence-electron chi connectivity index (χ2n) is 2.35. The van der Waals surface area contributed by atoms with Crippen molar-refractivity contribution in [3.63, 3.8) is 0 Å². The van der Waals surface area contributed by atoms with E-state index in [1.807, 2.05) is 0 Å². The molecule has 1 aromatic rings. The van der Waals surface area contributed by atoms with Gasteiger partial charge in [-0.3, -0.25) is 4.79 Å². The average molecular weight is 248 g/mol. The minimum Gasteiger partial charge on any atom is -0.383 e. The molecule has 0 fully saturated rings. The molecular formula is C7H10BrN3O2. The van der Waals surface area contributed by atoms with Gasteiger partial charge in [0.05, 0.1) is 18.5 Å². The van der Waals surface area contributed by atoms with Crippen LogP contribution in [-0.4, -0.2) is 30.5 Å². The van der Waals surface area contributed by atoms with Crippen LogP contribution in [-0.2, 0) is 4.74 Å². The van der Waals surface area contributed by atoms with Crippen molar-refractivity contribution in [1.29, 1.82) is 0 Å². The zero-order valence-corrected chi connectivity index (χ0v) is 8.72. The summed E-state index contributed by atoms with van der Waals surface area (Å²) < 4.78 is 5.31. The molecule has 0 aromatic carbocycles. The predicted octanol–water partition coefficient (Wildman–Crippen LogP) is 0.591. The van der Waals surface area contributed by atoms with Gasteiger partial charge >= 0.3 is 0 Å². The first-order valence-corrected chi connectivity index (χ1v) is 4.51. The summed E-state index contributed by atoms with van der Waals surface area (Å²) in [7, 11) is 1.62. The van der Waals surface area contributed by atoms with Gasteiger partial charge in [0.1, 0.15) is 4.47 Å². The van der Waals surface area contributed by atoms with Crippen LogP contribution < -0.4 is 10.9 Å². The van der Waals surface area contributed by atoms with Gasteiger partial charge in [0.15, 0.2) is 0 Å². The highest BCUT2D eigenvalue weighted by atomic mass is 79.9. The minimum atomic E-state index is -0.248. The first kappa shape index (κ1) is 10.2. The number of rotatable bonds is 4. The summed E-state index contributed by atoms with van der Waals surface area (Å²) in [6.07, 6.45) is 1.54. The molecule has 5 nitrogen and oxygen atoms in total. The fraction of sp³-hybridized carbons (Fsp3) is 0.429. The summed E-state index contributed by atoms with van der Waals surface area (Å²) in [5, 5.41) is 8.96. The lowest BCUT2D eigenvalue weighted by atomic mass is 10.4. The van der Waals surface area contributed by atoms with E-state index in [1.165, 1.54) is 0 Å². The van der Waals surface area contributed by atoms with Crippen molar-refractivity contribution in [3.05, 3.63) is 21.0 Å². The molecule has 2 N–H and O–H groups in total. The van der Waals surface area contributed by atoms with E-state index in [4.69, 9.17) is 4.74 Å². The predicted molar refractivity (Wildman–Crippen MR) is 52.9 cm³/mol. The number of ether oxygens (including phenoxy) is 1. The second-order valence-corrected chi connectivity index (χ2v) is 3.14. The number of nitrogens with zero attached hydrogens (tertiary/aromatic N) is 1. The quantitative estimate of drug-likeness (QED) is 0.765. The summed E-state index contributed by atoms with van der Waals surface area (Å²) in [6, 6.07) is 0. The monoisotopic (exact) mass is 247 g/mol. The summed E-state index contributed by atoms with van der Waals surface area (Å²) in [5.74, 6) is 0. The molecule has 13 heavy (non-hydrogen) atoms. The molecule has 0 aliphatic rings. The van der Waals surface area contributed by atoms with Crippen molar-refractivity contribution in [2.24, 2.45) is 0 Å². The van der Waals surface area contributed by atoms with Gasteiger partial charge in [-0.05, 0) is 15.9 Å². The maximum atomic E-state index is 11.0. The lowest BCUT2D eigenvalue weighted by Crippen LogP contribution is -2.14. The lowest BCUT2D eigenvalue weighted by molar-refractivity contribution is 0.210. The van der Waals surface area contributed by atoms with Gasteiger partial charge in [0.25, 0.3) is 5.56 Å². The Morgan fingerprint density at radius 3 is 3.23 bits per heavy atom. The van der Waals surface area contributed by atoms with Crippen LogP contribution >= 0.6 is 15.9 Å². The Morgan fingerprint density at radius 1 is 1.77 bits per heavy atom. The summed E-state index contributed by atoms with van der Waals surface area (Å²) >= 11 is 3.15. The minimum absolute atomic E-state index is 0.248. The number of hydrogen-bond donors (Lipinski definition) is 2. The van der Waals surface area contributed by atoms with Gasteiger partial charge in [-0.25, -0.2) is 5.10 Å². The molecule has 0 aliphatic heterocycles. The SMILES string of the molecule is COCCNc1cn[nH]c(=O)c1Br. The van der Waals surface area contributed by atoms with Crippen molar-refractivity contribution in [2.75, 3.05) is 25.6 Å². The van der Waals surface area contributed by atoms with E-state index in [-0.39, 0.29) is 5.56 Å². The van der Waals surface area contributed by atoms with E-state index < -0.39 is 0 Å². The lowest BCUT2D eigenvalue weighted by Gasteiger charge is -2.05. The van der Waals surface area contributed by atoms with Crippen LogP contribution in [0.1, 0.15) is 0 Å². The normalized spacial score (nSPS) is 10.0. The third kappa shape index (κ3) is 2.82. The number of halogens is 1. The Kier molecular flexibility index (Phi) is 3.91. The number of hydrogen-bond acceptors (Lipinski definition) is 4. The molecule has 1 rings (SSSR count). The Bertz CT molecular complexity index is 326. The molecule has 6 heteroatoms. The van der Waals surface area contributed by atoms with Gasteiger partial charge in [-0.2, -0.15) is 5.10 Å². The molecule has 0 spiro atoms. The summed E-state index contributed by atoms with van der Waals surface area (Å²) in [6.45, 7) is 1.22. The van der Waals surface area contributed by atoms with Gasteiger partial charge in [-0.1, -0.05) is 0 Å². The zero-order valence-electron chi connectivity index (χ0n) is 7.13. The summed E-state index contributed by atoms with van der Waals surface area (Å²) in [4.78, 5) is 11.0. The third-order valence-corrected chi connectivity index (χ3v) is 2.20. The van der Waals surface area contributed by atoms with Gasteiger partial charge in [0, 0.05) is 13.7 Å².